The van der Waals surface area contributed by atoms with Crippen LogP contribution in [0.3, 0.4) is 0 Å². The number of hydrogen-bond donors (Lipinski definition) is 0. The highest BCUT2D eigenvalue weighted by atomic mass is 31.1. The fourth-order valence-electron chi connectivity index (χ4n) is 2.97. The van der Waals surface area contributed by atoms with Gasteiger partial charge in [-0.1, -0.05) is 51.8 Å². The fourth-order valence-corrected chi connectivity index (χ4v) is 4.87. The molecule has 0 amide bonds. The van der Waals surface area contributed by atoms with Gasteiger partial charge < -0.3 is 0 Å². The minimum Gasteiger partial charge on any atom is -0.0675 e. The molecule has 2 heteroatoms. The lowest BCUT2D eigenvalue weighted by molar-refractivity contribution is 1.36. The second-order valence-corrected chi connectivity index (χ2v) is 8.06. The summed E-state index contributed by atoms with van der Waals surface area (Å²) < 4.78 is 0. The number of hydrogen-bond acceptors (Lipinski definition) is 0. The van der Waals surface area contributed by atoms with Gasteiger partial charge in [-0.15, -0.1) is 0 Å². The first-order chi connectivity index (χ1) is 10.4. The molecule has 0 aliphatic rings. The summed E-state index contributed by atoms with van der Waals surface area (Å²) in [5.41, 5.74) is 8.27. The van der Waals surface area contributed by atoms with Crippen molar-refractivity contribution in [1.29, 1.82) is 0 Å². The summed E-state index contributed by atoms with van der Waals surface area (Å²) in [6.45, 7) is 13.2. The van der Waals surface area contributed by atoms with Crippen molar-refractivity contribution < 1.29 is 0 Å². The Morgan fingerprint density at radius 3 is 1.09 bits per heavy atom. The molecule has 2 aromatic carbocycles. The van der Waals surface area contributed by atoms with Gasteiger partial charge >= 0.3 is 0 Å². The topological polar surface area (TPSA) is 0 Å². The minimum atomic E-state index is 1.29. The molecular weight excluding hydrogens is 302 g/mol. The standard InChI is InChI=1S/C20H24P2/c1-13-9-15(3)19(16(4)10-13)21-7-8-22-20-17(5)11-14(2)12-18(20)6/h7-12H,1-6H3. The molecule has 0 N–H and O–H groups in total. The van der Waals surface area contributed by atoms with Crippen LogP contribution in [0.15, 0.2) is 24.3 Å². The second kappa shape index (κ2) is 7.36. The fraction of sp³-hybridized carbons (Fsp3) is 0.300. The zero-order chi connectivity index (χ0) is 16.3. The summed E-state index contributed by atoms with van der Waals surface area (Å²) in [5.74, 6) is 4.57. The van der Waals surface area contributed by atoms with Crippen molar-refractivity contribution in [3.8, 4) is 0 Å². The molecule has 0 saturated heterocycles. The first-order valence-electron chi connectivity index (χ1n) is 7.61. The first kappa shape index (κ1) is 17.1. The molecule has 0 nitrogen and oxygen atoms in total. The van der Waals surface area contributed by atoms with E-state index >= 15 is 0 Å². The molecule has 0 unspecified atom stereocenters. The molecule has 0 bridgehead atoms. The van der Waals surface area contributed by atoms with E-state index in [0.717, 1.165) is 0 Å². The number of benzene rings is 2. The summed E-state index contributed by atoms with van der Waals surface area (Å²) in [7, 11) is 2.58. The van der Waals surface area contributed by atoms with E-state index in [2.05, 4.69) is 77.4 Å². The van der Waals surface area contributed by atoms with E-state index in [1.807, 2.05) is 0 Å². The van der Waals surface area contributed by atoms with Crippen molar-refractivity contribution in [2.45, 2.75) is 41.5 Å². The minimum absolute atomic E-state index is 1.29. The van der Waals surface area contributed by atoms with Crippen LogP contribution in [-0.4, -0.2) is 11.6 Å². The third-order valence-electron chi connectivity index (χ3n) is 3.74. The monoisotopic (exact) mass is 326 g/mol. The van der Waals surface area contributed by atoms with E-state index in [1.165, 1.54) is 60.4 Å². The van der Waals surface area contributed by atoms with Crippen LogP contribution in [0.2, 0.25) is 0 Å². The van der Waals surface area contributed by atoms with Crippen LogP contribution >= 0.6 is 16.4 Å². The van der Waals surface area contributed by atoms with Crippen molar-refractivity contribution in [2.75, 3.05) is 0 Å². The van der Waals surface area contributed by atoms with Gasteiger partial charge in [0.2, 0.25) is 0 Å². The van der Waals surface area contributed by atoms with E-state index < -0.39 is 0 Å². The highest BCUT2D eigenvalue weighted by Gasteiger charge is 2.01. The van der Waals surface area contributed by atoms with Gasteiger partial charge in [0.1, 0.15) is 0 Å². The van der Waals surface area contributed by atoms with Crippen molar-refractivity contribution in [3.05, 3.63) is 57.6 Å². The van der Waals surface area contributed by atoms with Crippen LogP contribution in [0.1, 0.15) is 33.4 Å². The lowest BCUT2D eigenvalue weighted by Crippen LogP contribution is -2.05. The Kier molecular flexibility index (Phi) is 5.74. The molecule has 22 heavy (non-hydrogen) atoms. The SMILES string of the molecule is Cc1cc(C)c(P=CC=Pc2c(C)cc(C)cc2C)c(C)c1. The molecule has 0 radical (unpaired) electrons. The van der Waals surface area contributed by atoms with Gasteiger partial charge in [-0.2, -0.15) is 0 Å². The third-order valence-corrected chi connectivity index (χ3v) is 6.50. The molecule has 0 aromatic heterocycles. The molecule has 0 fully saturated rings. The molecule has 0 aliphatic heterocycles. The highest BCUT2D eigenvalue weighted by molar-refractivity contribution is 7.56. The van der Waals surface area contributed by atoms with Crippen molar-refractivity contribution in [3.63, 3.8) is 0 Å². The Bertz CT molecular complexity index is 641. The van der Waals surface area contributed by atoms with Crippen LogP contribution in [0.4, 0.5) is 0 Å². The summed E-state index contributed by atoms with van der Waals surface area (Å²) in [4.78, 5) is 0. The van der Waals surface area contributed by atoms with Crippen molar-refractivity contribution in [1.82, 2.24) is 0 Å². The van der Waals surface area contributed by atoms with Crippen LogP contribution in [0.25, 0.3) is 0 Å². The predicted octanol–water partition coefficient (Wildman–Crippen LogP) is 4.98. The van der Waals surface area contributed by atoms with E-state index in [0.29, 0.717) is 0 Å². The predicted molar refractivity (Wildman–Crippen MR) is 107 cm³/mol. The quantitative estimate of drug-likeness (QED) is 0.698. The van der Waals surface area contributed by atoms with Crippen LogP contribution < -0.4 is 10.6 Å². The Morgan fingerprint density at radius 2 is 0.818 bits per heavy atom. The van der Waals surface area contributed by atoms with Gasteiger partial charge in [0, 0.05) is 10.6 Å². The zero-order valence-corrected chi connectivity index (χ0v) is 16.1. The molecule has 0 aliphatic carbocycles. The molecule has 2 aromatic rings. The molecule has 0 heterocycles. The van der Waals surface area contributed by atoms with Gasteiger partial charge in [-0.3, -0.25) is 0 Å². The second-order valence-electron chi connectivity index (χ2n) is 6.05. The average Bonchev–Trinajstić information content (AvgIpc) is 2.38. The van der Waals surface area contributed by atoms with Gasteiger partial charge in [-0.25, -0.2) is 0 Å². The lowest BCUT2D eigenvalue weighted by Gasteiger charge is -2.06. The van der Waals surface area contributed by atoms with E-state index in [-0.39, 0.29) is 0 Å². The summed E-state index contributed by atoms with van der Waals surface area (Å²) in [6, 6.07) is 9.09. The van der Waals surface area contributed by atoms with Gasteiger partial charge in [-0.05, 0) is 75.4 Å². The maximum atomic E-state index is 2.28. The Morgan fingerprint density at radius 1 is 0.545 bits per heavy atom. The Labute approximate surface area is 138 Å². The summed E-state index contributed by atoms with van der Waals surface area (Å²) in [5, 5.41) is 2.88. The summed E-state index contributed by atoms with van der Waals surface area (Å²) in [6.07, 6.45) is 0. The smallest absolute Gasteiger partial charge is 0.00765 e. The van der Waals surface area contributed by atoms with Crippen LogP contribution in [-0.2, 0) is 0 Å². The summed E-state index contributed by atoms with van der Waals surface area (Å²) >= 11 is 0. The molecule has 0 atom stereocenters. The van der Waals surface area contributed by atoms with E-state index in [4.69, 9.17) is 0 Å². The normalized spacial score (nSPS) is 11.7. The Balaban J connectivity index is 2.24. The maximum Gasteiger partial charge on any atom is 0.00765 e. The molecule has 0 spiro atoms. The molecule has 0 saturated carbocycles. The number of aryl methyl sites for hydroxylation is 6. The van der Waals surface area contributed by atoms with Crippen molar-refractivity contribution in [2.24, 2.45) is 0 Å². The maximum absolute atomic E-state index is 2.28. The molecular formula is C20H24P2. The zero-order valence-electron chi connectivity index (χ0n) is 14.4. The van der Waals surface area contributed by atoms with Crippen LogP contribution in [0, 0.1) is 41.5 Å². The molecule has 2 rings (SSSR count). The van der Waals surface area contributed by atoms with Gasteiger partial charge in [0.15, 0.2) is 0 Å². The van der Waals surface area contributed by atoms with Gasteiger partial charge in [0.25, 0.3) is 0 Å². The number of rotatable bonds is 3. The van der Waals surface area contributed by atoms with E-state index in [1.54, 1.807) is 0 Å². The van der Waals surface area contributed by atoms with Crippen LogP contribution in [0.5, 0.6) is 0 Å². The largest absolute Gasteiger partial charge is 0.0675 e. The first-order valence-corrected chi connectivity index (χ1v) is 9.53. The Hall–Kier alpha value is -1.22. The average molecular weight is 326 g/mol. The third kappa shape index (κ3) is 4.16. The van der Waals surface area contributed by atoms with Crippen molar-refractivity contribution >= 4 is 38.6 Å². The van der Waals surface area contributed by atoms with E-state index in [9.17, 15) is 0 Å². The molecule has 114 valence electrons. The highest BCUT2D eigenvalue weighted by Crippen LogP contribution is 2.13. The lowest BCUT2D eigenvalue weighted by atomic mass is 10.1. The van der Waals surface area contributed by atoms with Gasteiger partial charge in [0.05, 0.1) is 0 Å².